The fourth-order valence-electron chi connectivity index (χ4n) is 1.75. The lowest BCUT2D eigenvalue weighted by Gasteiger charge is -2.17. The summed E-state index contributed by atoms with van der Waals surface area (Å²) in [7, 11) is 1.69. The van der Waals surface area contributed by atoms with E-state index in [1.807, 2.05) is 12.1 Å². The smallest absolute Gasteiger partial charge is 0.258 e. The average Bonchev–Trinajstić information content (AvgIpc) is 2.46. The van der Waals surface area contributed by atoms with E-state index in [1.54, 1.807) is 43.4 Å². The van der Waals surface area contributed by atoms with Crippen molar-refractivity contribution in [2.75, 3.05) is 11.9 Å². The van der Waals surface area contributed by atoms with Gasteiger partial charge in [0, 0.05) is 27.4 Å². The third-order valence-corrected chi connectivity index (χ3v) is 3.65. The predicted molar refractivity (Wildman–Crippen MR) is 86.9 cm³/mol. The van der Waals surface area contributed by atoms with Crippen LogP contribution in [0.4, 0.5) is 5.69 Å². The van der Waals surface area contributed by atoms with Crippen LogP contribution >= 0.6 is 22.6 Å². The first-order valence-electron chi connectivity index (χ1n) is 5.92. The summed E-state index contributed by atoms with van der Waals surface area (Å²) in [5, 5.41) is 0. The molecule has 2 aromatic carbocycles. The molecule has 20 heavy (non-hydrogen) atoms. The van der Waals surface area contributed by atoms with E-state index in [9.17, 15) is 9.59 Å². The Bertz CT molecular complexity index is 636. The fourth-order valence-corrected chi connectivity index (χ4v) is 2.11. The summed E-state index contributed by atoms with van der Waals surface area (Å²) in [4.78, 5) is 24.9. The molecule has 2 rings (SSSR count). The SMILES string of the molecule is CN(C(=O)c1ccc(I)cc1)c1ccc(C(N)=O)cc1. The maximum Gasteiger partial charge on any atom is 0.258 e. The maximum absolute atomic E-state index is 12.3. The van der Waals surface area contributed by atoms with Crippen LogP contribution in [0.1, 0.15) is 20.7 Å². The van der Waals surface area contributed by atoms with Gasteiger partial charge >= 0.3 is 0 Å². The van der Waals surface area contributed by atoms with Crippen molar-refractivity contribution in [1.29, 1.82) is 0 Å². The Morgan fingerprint density at radius 3 is 1.95 bits per heavy atom. The zero-order chi connectivity index (χ0) is 14.7. The van der Waals surface area contributed by atoms with Crippen LogP contribution in [0.25, 0.3) is 0 Å². The summed E-state index contributed by atoms with van der Waals surface area (Å²) >= 11 is 2.19. The number of amides is 2. The zero-order valence-corrected chi connectivity index (χ0v) is 13.0. The highest BCUT2D eigenvalue weighted by molar-refractivity contribution is 14.1. The number of carbonyl (C=O) groups excluding carboxylic acids is 2. The third-order valence-electron chi connectivity index (χ3n) is 2.93. The lowest BCUT2D eigenvalue weighted by molar-refractivity contribution is 0.0989. The van der Waals surface area contributed by atoms with E-state index < -0.39 is 5.91 Å². The van der Waals surface area contributed by atoms with Gasteiger partial charge in [0.25, 0.3) is 5.91 Å². The molecule has 0 saturated carbocycles. The monoisotopic (exact) mass is 380 g/mol. The molecular weight excluding hydrogens is 367 g/mol. The third kappa shape index (κ3) is 3.16. The van der Waals surface area contributed by atoms with Gasteiger partial charge in [-0.25, -0.2) is 0 Å². The lowest BCUT2D eigenvalue weighted by Crippen LogP contribution is -2.26. The minimum absolute atomic E-state index is 0.103. The van der Waals surface area contributed by atoms with Gasteiger partial charge in [-0.1, -0.05) is 0 Å². The number of rotatable bonds is 3. The number of nitrogens with two attached hydrogens (primary N) is 1. The highest BCUT2D eigenvalue weighted by Crippen LogP contribution is 2.17. The largest absolute Gasteiger partial charge is 0.366 e. The van der Waals surface area contributed by atoms with Gasteiger partial charge in [-0.3, -0.25) is 9.59 Å². The summed E-state index contributed by atoms with van der Waals surface area (Å²) in [5.41, 5.74) is 6.93. The highest BCUT2D eigenvalue weighted by atomic mass is 127. The second-order valence-corrected chi connectivity index (χ2v) is 5.53. The first kappa shape index (κ1) is 14.5. The number of hydrogen-bond acceptors (Lipinski definition) is 2. The standard InChI is InChI=1S/C15H13IN2O2/c1-18(13-8-4-10(5-9-13)14(17)19)15(20)11-2-6-12(16)7-3-11/h2-9H,1H3,(H2,17,19). The molecule has 0 heterocycles. The Kier molecular flexibility index (Phi) is 4.39. The van der Waals surface area contributed by atoms with Gasteiger partial charge in [-0.15, -0.1) is 0 Å². The molecule has 0 aliphatic heterocycles. The van der Waals surface area contributed by atoms with E-state index in [-0.39, 0.29) is 5.91 Å². The van der Waals surface area contributed by atoms with Crippen molar-refractivity contribution in [3.8, 4) is 0 Å². The molecule has 0 saturated heterocycles. The molecule has 0 atom stereocenters. The van der Waals surface area contributed by atoms with Gasteiger partial charge < -0.3 is 10.6 Å². The van der Waals surface area contributed by atoms with Crippen molar-refractivity contribution in [2.45, 2.75) is 0 Å². The topological polar surface area (TPSA) is 63.4 Å². The van der Waals surface area contributed by atoms with Crippen molar-refractivity contribution in [2.24, 2.45) is 5.73 Å². The summed E-state index contributed by atoms with van der Waals surface area (Å²) in [6.07, 6.45) is 0. The summed E-state index contributed by atoms with van der Waals surface area (Å²) < 4.78 is 1.08. The maximum atomic E-state index is 12.3. The molecule has 0 spiro atoms. The molecular formula is C15H13IN2O2. The fraction of sp³-hybridized carbons (Fsp3) is 0.0667. The van der Waals surface area contributed by atoms with Crippen LogP contribution in [-0.4, -0.2) is 18.9 Å². The molecule has 0 radical (unpaired) electrons. The highest BCUT2D eigenvalue weighted by Gasteiger charge is 2.13. The van der Waals surface area contributed by atoms with E-state index in [0.29, 0.717) is 16.8 Å². The first-order chi connectivity index (χ1) is 9.49. The van der Waals surface area contributed by atoms with Crippen LogP contribution in [0.2, 0.25) is 0 Å². The van der Waals surface area contributed by atoms with Gasteiger partial charge in [0.2, 0.25) is 5.91 Å². The second kappa shape index (κ2) is 6.04. The molecule has 2 N–H and O–H groups in total. The van der Waals surface area contributed by atoms with Gasteiger partial charge in [0.1, 0.15) is 0 Å². The number of halogens is 1. The summed E-state index contributed by atoms with van der Waals surface area (Å²) in [5.74, 6) is -0.587. The second-order valence-electron chi connectivity index (χ2n) is 4.28. The van der Waals surface area contributed by atoms with Gasteiger partial charge in [0.05, 0.1) is 0 Å². The lowest BCUT2D eigenvalue weighted by atomic mass is 10.1. The number of hydrogen-bond donors (Lipinski definition) is 1. The van der Waals surface area contributed by atoms with E-state index in [1.165, 1.54) is 4.90 Å². The molecule has 102 valence electrons. The zero-order valence-electron chi connectivity index (χ0n) is 10.8. The minimum Gasteiger partial charge on any atom is -0.366 e. The van der Waals surface area contributed by atoms with Gasteiger partial charge in [0.15, 0.2) is 0 Å². The van der Waals surface area contributed by atoms with Crippen LogP contribution in [0.3, 0.4) is 0 Å². The number of carbonyl (C=O) groups is 2. The van der Waals surface area contributed by atoms with E-state index in [0.717, 1.165) is 3.57 Å². The van der Waals surface area contributed by atoms with E-state index in [4.69, 9.17) is 5.73 Å². The van der Waals surface area contributed by atoms with E-state index in [2.05, 4.69) is 22.6 Å². The number of benzene rings is 2. The minimum atomic E-state index is -0.483. The quantitative estimate of drug-likeness (QED) is 0.833. The van der Waals surface area contributed by atoms with Crippen molar-refractivity contribution in [1.82, 2.24) is 0 Å². The molecule has 0 fully saturated rings. The van der Waals surface area contributed by atoms with Crippen molar-refractivity contribution in [3.05, 3.63) is 63.2 Å². The Balaban J connectivity index is 2.22. The molecule has 2 amide bonds. The van der Waals surface area contributed by atoms with Crippen molar-refractivity contribution in [3.63, 3.8) is 0 Å². The number of primary amides is 1. The molecule has 5 heteroatoms. The van der Waals surface area contributed by atoms with Gasteiger partial charge in [-0.2, -0.15) is 0 Å². The molecule has 2 aromatic rings. The van der Waals surface area contributed by atoms with Crippen LogP contribution in [0.5, 0.6) is 0 Å². The normalized spacial score (nSPS) is 10.1. The van der Waals surface area contributed by atoms with Crippen molar-refractivity contribution < 1.29 is 9.59 Å². The summed E-state index contributed by atoms with van der Waals surface area (Å²) in [6, 6.07) is 14.0. The summed E-state index contributed by atoms with van der Waals surface area (Å²) in [6.45, 7) is 0. The predicted octanol–water partition coefficient (Wildman–Crippen LogP) is 2.67. The first-order valence-corrected chi connectivity index (χ1v) is 7.00. The van der Waals surface area contributed by atoms with Crippen molar-refractivity contribution >= 4 is 40.1 Å². The molecule has 0 aromatic heterocycles. The molecule has 0 aliphatic carbocycles. The molecule has 0 bridgehead atoms. The average molecular weight is 380 g/mol. The number of anilines is 1. The van der Waals surface area contributed by atoms with Crippen LogP contribution in [-0.2, 0) is 0 Å². The Labute approximate surface area is 130 Å². The Morgan fingerprint density at radius 2 is 1.45 bits per heavy atom. The van der Waals surface area contributed by atoms with Crippen LogP contribution in [0.15, 0.2) is 48.5 Å². The van der Waals surface area contributed by atoms with Gasteiger partial charge in [-0.05, 0) is 71.1 Å². The van der Waals surface area contributed by atoms with Crippen LogP contribution < -0.4 is 10.6 Å². The van der Waals surface area contributed by atoms with E-state index >= 15 is 0 Å². The Hall–Kier alpha value is -1.89. The molecule has 4 nitrogen and oxygen atoms in total. The Morgan fingerprint density at radius 1 is 0.950 bits per heavy atom. The molecule has 0 aliphatic rings. The number of nitrogens with zero attached hydrogens (tertiary/aromatic N) is 1. The molecule has 0 unspecified atom stereocenters. The van der Waals surface area contributed by atoms with Crippen LogP contribution in [0, 0.1) is 3.57 Å².